The number of hydrogen-bond donors (Lipinski definition) is 1. The van der Waals surface area contributed by atoms with E-state index in [-0.39, 0.29) is 36.5 Å². The summed E-state index contributed by atoms with van der Waals surface area (Å²) < 4.78 is 17.1. The summed E-state index contributed by atoms with van der Waals surface area (Å²) in [7, 11) is 0. The fourth-order valence-corrected chi connectivity index (χ4v) is 5.31. The third-order valence-electron chi connectivity index (χ3n) is 6.75. The molecule has 2 atom stereocenters. The van der Waals surface area contributed by atoms with Gasteiger partial charge in [0.15, 0.2) is 17.4 Å². The molecule has 2 bridgehead atoms. The molecule has 2 saturated heterocycles. The number of hydrogen-bond acceptors (Lipinski definition) is 9. The number of carbonyl (C=O) groups excluding carboxylic acids is 1. The van der Waals surface area contributed by atoms with Gasteiger partial charge in [0.1, 0.15) is 12.7 Å². The first-order valence-electron chi connectivity index (χ1n) is 12.5. The van der Waals surface area contributed by atoms with E-state index in [1.54, 1.807) is 11.1 Å². The molecule has 38 heavy (non-hydrogen) atoms. The standard InChI is InChI=1S/C26H28ClN7O4/c1-15-8-16(4-6-29-15)23-19(27)9-20-24(32-23)34(17-5-7-33(20)12-17)25(35)31-21-10-28-11-22(30-21)36-13-18-14-37-26(2,3)38-18/h4,6,8-11,17-18H,5,7,12-14H2,1-3H3,(H,30,31,35)/t17-,18?/m0/s1. The Kier molecular flexibility index (Phi) is 6.29. The summed E-state index contributed by atoms with van der Waals surface area (Å²) in [5, 5.41) is 3.40. The number of ether oxygens (including phenoxy) is 3. The number of pyridine rings is 2. The Balaban J connectivity index is 1.23. The number of nitrogens with one attached hydrogen (secondary N) is 1. The van der Waals surface area contributed by atoms with Gasteiger partial charge in [-0.15, -0.1) is 0 Å². The van der Waals surface area contributed by atoms with E-state index < -0.39 is 5.79 Å². The number of halogens is 1. The third-order valence-corrected chi connectivity index (χ3v) is 7.04. The van der Waals surface area contributed by atoms with Crippen molar-refractivity contribution in [3.05, 3.63) is 47.5 Å². The first-order chi connectivity index (χ1) is 18.3. The number of anilines is 3. The van der Waals surface area contributed by atoms with Crippen molar-refractivity contribution in [1.29, 1.82) is 0 Å². The van der Waals surface area contributed by atoms with Gasteiger partial charge in [-0.3, -0.25) is 20.2 Å². The van der Waals surface area contributed by atoms with Crippen molar-refractivity contribution in [3.63, 3.8) is 0 Å². The maximum absolute atomic E-state index is 13.6. The van der Waals surface area contributed by atoms with Gasteiger partial charge in [0.2, 0.25) is 5.88 Å². The van der Waals surface area contributed by atoms with E-state index in [1.807, 2.05) is 39.0 Å². The Labute approximate surface area is 225 Å². The molecule has 3 aliphatic rings. The molecule has 1 N–H and O–H groups in total. The van der Waals surface area contributed by atoms with Crippen LogP contribution in [-0.2, 0) is 9.47 Å². The number of urea groups is 1. The summed E-state index contributed by atoms with van der Waals surface area (Å²) in [6.07, 6.45) is 5.31. The monoisotopic (exact) mass is 537 g/mol. The molecule has 12 heteroatoms. The van der Waals surface area contributed by atoms with Gasteiger partial charge in [0.25, 0.3) is 0 Å². The van der Waals surface area contributed by atoms with Crippen molar-refractivity contribution in [2.75, 3.05) is 41.4 Å². The van der Waals surface area contributed by atoms with E-state index in [0.29, 0.717) is 29.7 Å². The summed E-state index contributed by atoms with van der Waals surface area (Å²) in [5.74, 6) is 0.482. The normalized spacial score (nSPS) is 21.4. The molecule has 0 saturated carbocycles. The lowest BCUT2D eigenvalue weighted by atomic mass is 10.1. The molecule has 2 amide bonds. The van der Waals surface area contributed by atoms with Crippen LogP contribution in [0, 0.1) is 6.92 Å². The highest BCUT2D eigenvalue weighted by Crippen LogP contribution is 2.43. The second-order valence-corrected chi connectivity index (χ2v) is 10.4. The minimum atomic E-state index is -0.634. The van der Waals surface area contributed by atoms with E-state index in [0.717, 1.165) is 29.9 Å². The molecule has 3 aliphatic heterocycles. The number of nitrogens with zero attached hydrogens (tertiary/aromatic N) is 6. The lowest BCUT2D eigenvalue weighted by Crippen LogP contribution is -2.48. The van der Waals surface area contributed by atoms with Gasteiger partial charge < -0.3 is 19.1 Å². The second-order valence-electron chi connectivity index (χ2n) is 10.0. The van der Waals surface area contributed by atoms with Crippen LogP contribution in [-0.4, -0.2) is 70.2 Å². The SMILES string of the molecule is Cc1cc(-c2nc3c(cc2Cl)N2CC[C@@H](C2)N3C(=O)Nc2cncc(OCC3COC(C)(C)O3)n2)ccn1. The number of aryl methyl sites for hydroxylation is 1. The largest absolute Gasteiger partial charge is 0.474 e. The molecule has 6 rings (SSSR count). The van der Waals surface area contributed by atoms with E-state index in [2.05, 4.69) is 25.2 Å². The van der Waals surface area contributed by atoms with Gasteiger partial charge in [-0.05, 0) is 45.4 Å². The quantitative estimate of drug-likeness (QED) is 0.514. The van der Waals surface area contributed by atoms with Gasteiger partial charge >= 0.3 is 6.03 Å². The molecule has 3 aromatic rings. The Hall–Kier alpha value is -3.54. The van der Waals surface area contributed by atoms with Crippen LogP contribution in [0.15, 0.2) is 36.8 Å². The molecule has 1 unspecified atom stereocenters. The Morgan fingerprint density at radius 2 is 2.16 bits per heavy atom. The molecule has 3 aromatic heterocycles. The van der Waals surface area contributed by atoms with Crippen molar-refractivity contribution < 1.29 is 19.0 Å². The fraction of sp³-hybridized carbons (Fsp3) is 0.423. The average Bonchev–Trinajstić information content (AvgIpc) is 3.46. The van der Waals surface area contributed by atoms with E-state index >= 15 is 0 Å². The molecule has 11 nitrogen and oxygen atoms in total. The smallest absolute Gasteiger partial charge is 0.329 e. The molecule has 0 spiro atoms. The van der Waals surface area contributed by atoms with Gasteiger partial charge in [-0.2, -0.15) is 4.98 Å². The predicted molar refractivity (Wildman–Crippen MR) is 142 cm³/mol. The molecule has 0 aromatic carbocycles. The van der Waals surface area contributed by atoms with Gasteiger partial charge in [0.05, 0.1) is 41.4 Å². The topological polar surface area (TPSA) is 115 Å². The van der Waals surface area contributed by atoms with Gasteiger partial charge in [-0.25, -0.2) is 9.78 Å². The van der Waals surface area contributed by atoms with Gasteiger partial charge in [-0.1, -0.05) is 11.6 Å². The number of rotatable bonds is 5. The highest BCUT2D eigenvalue weighted by atomic mass is 35.5. The molecule has 6 heterocycles. The van der Waals surface area contributed by atoms with Gasteiger partial charge in [0, 0.05) is 30.5 Å². The van der Waals surface area contributed by atoms with Crippen LogP contribution >= 0.6 is 11.6 Å². The minimum absolute atomic E-state index is 0.0292. The van der Waals surface area contributed by atoms with Crippen molar-refractivity contribution in [2.24, 2.45) is 0 Å². The third kappa shape index (κ3) is 4.84. The Bertz CT molecular complexity index is 1390. The molecule has 2 fully saturated rings. The predicted octanol–water partition coefficient (Wildman–Crippen LogP) is 4.06. The van der Waals surface area contributed by atoms with Crippen LogP contribution in [0.3, 0.4) is 0 Å². The molecular weight excluding hydrogens is 510 g/mol. The van der Waals surface area contributed by atoms with Crippen LogP contribution in [0.4, 0.5) is 22.1 Å². The first kappa shape index (κ1) is 24.8. The van der Waals surface area contributed by atoms with Crippen LogP contribution < -0.4 is 19.9 Å². The Morgan fingerprint density at radius 1 is 1.29 bits per heavy atom. The van der Waals surface area contributed by atoms with E-state index in [9.17, 15) is 4.79 Å². The number of aromatic nitrogens is 4. The van der Waals surface area contributed by atoms with E-state index in [4.69, 9.17) is 30.8 Å². The summed E-state index contributed by atoms with van der Waals surface area (Å²) in [4.78, 5) is 35.3. The van der Waals surface area contributed by atoms with E-state index in [1.165, 1.54) is 12.4 Å². The maximum atomic E-state index is 13.6. The summed E-state index contributed by atoms with van der Waals surface area (Å²) in [5.41, 5.74) is 3.13. The first-order valence-corrected chi connectivity index (χ1v) is 12.9. The van der Waals surface area contributed by atoms with Crippen LogP contribution in [0.5, 0.6) is 5.88 Å². The zero-order valence-corrected chi connectivity index (χ0v) is 22.1. The zero-order valence-electron chi connectivity index (χ0n) is 21.3. The van der Waals surface area contributed by atoms with Crippen molar-refractivity contribution >= 4 is 35.0 Å². The number of carbonyl (C=O) groups is 1. The molecule has 0 radical (unpaired) electrons. The average molecular weight is 538 g/mol. The lowest BCUT2D eigenvalue weighted by Gasteiger charge is -2.36. The molecule has 198 valence electrons. The van der Waals surface area contributed by atoms with Crippen molar-refractivity contribution in [2.45, 2.75) is 45.1 Å². The maximum Gasteiger partial charge on any atom is 0.329 e. The van der Waals surface area contributed by atoms with Crippen molar-refractivity contribution in [1.82, 2.24) is 19.9 Å². The highest BCUT2D eigenvalue weighted by molar-refractivity contribution is 6.33. The summed E-state index contributed by atoms with van der Waals surface area (Å²) >= 11 is 6.67. The molecule has 0 aliphatic carbocycles. The fourth-order valence-electron chi connectivity index (χ4n) is 5.05. The van der Waals surface area contributed by atoms with Crippen LogP contribution in [0.2, 0.25) is 5.02 Å². The highest BCUT2D eigenvalue weighted by Gasteiger charge is 2.41. The van der Waals surface area contributed by atoms with Crippen LogP contribution in [0.1, 0.15) is 26.0 Å². The second kappa shape index (κ2) is 9.64. The zero-order chi connectivity index (χ0) is 26.4. The summed E-state index contributed by atoms with van der Waals surface area (Å²) in [6.45, 7) is 7.84. The van der Waals surface area contributed by atoms with Crippen LogP contribution in [0.25, 0.3) is 11.3 Å². The summed E-state index contributed by atoms with van der Waals surface area (Å²) in [6, 6.07) is 5.30. The lowest BCUT2D eigenvalue weighted by molar-refractivity contribution is -0.141. The molecular formula is C26H28ClN7O4. The Morgan fingerprint density at radius 3 is 2.95 bits per heavy atom. The van der Waals surface area contributed by atoms with Crippen molar-refractivity contribution in [3.8, 4) is 17.1 Å². The minimum Gasteiger partial charge on any atom is -0.474 e. The number of amides is 2. The number of fused-ring (bicyclic) bond motifs is 4.